The van der Waals surface area contributed by atoms with E-state index in [0.717, 1.165) is 31.6 Å². The van der Waals surface area contributed by atoms with Gasteiger partial charge in [-0.25, -0.2) is 0 Å². The summed E-state index contributed by atoms with van der Waals surface area (Å²) < 4.78 is 0. The van der Waals surface area contributed by atoms with Gasteiger partial charge in [-0.3, -0.25) is 11.8 Å². The van der Waals surface area contributed by atoms with E-state index in [0.29, 0.717) is 6.67 Å². The number of nitrogens with one attached hydrogen (secondary N) is 1. The van der Waals surface area contributed by atoms with E-state index in [1.54, 1.807) is 0 Å². The lowest BCUT2D eigenvalue weighted by atomic mass is 9.86. The normalized spacial score (nSPS) is 23.4. The molecule has 2 heterocycles. The number of benzene rings is 1. The molecule has 1 amide bonds. The monoisotopic (exact) mass is 244 g/mol. The minimum Gasteiger partial charge on any atom is -0.459 e. The number of carbonyl (C=O) groups excluding carboxylic acids is 1. The first kappa shape index (κ1) is 11.5. The molecule has 1 aromatic rings. The second-order valence-corrected chi connectivity index (χ2v) is 5.08. The molecule has 0 aromatic heterocycles. The van der Waals surface area contributed by atoms with Gasteiger partial charge < -0.3 is 15.1 Å². The molecule has 0 unspecified atom stereocenters. The molecule has 3 rings (SSSR count). The van der Waals surface area contributed by atoms with E-state index in [4.69, 9.17) is 0 Å². The molecular formula is C14H18N3O-. The fourth-order valence-corrected chi connectivity index (χ4v) is 2.96. The highest BCUT2D eigenvalue weighted by Crippen LogP contribution is 2.35. The van der Waals surface area contributed by atoms with Gasteiger partial charge in [0.05, 0.1) is 6.67 Å². The van der Waals surface area contributed by atoms with Gasteiger partial charge in [0.2, 0.25) is 5.91 Å². The van der Waals surface area contributed by atoms with Crippen LogP contribution in [0.15, 0.2) is 30.3 Å². The standard InChI is InChI=1S/C14H18N3O/c1-16-9-7-14(8-10-16)13(18)15-11-17(14)12-5-3-2-4-6-12/h2-6H,1,7-11H2,(H,15,18)/q-1. The van der Waals surface area contributed by atoms with Crippen molar-refractivity contribution in [1.82, 2.24) is 10.2 Å². The van der Waals surface area contributed by atoms with E-state index in [1.165, 1.54) is 0 Å². The second-order valence-electron chi connectivity index (χ2n) is 5.08. The third kappa shape index (κ3) is 1.68. The first-order chi connectivity index (χ1) is 8.72. The SMILES string of the molecule is [CH2-]N1CCC2(CC1)C(=O)NCN2c1ccccc1. The summed E-state index contributed by atoms with van der Waals surface area (Å²) in [6, 6.07) is 10.2. The van der Waals surface area contributed by atoms with Crippen LogP contribution >= 0.6 is 0 Å². The van der Waals surface area contributed by atoms with Crippen molar-refractivity contribution in [2.24, 2.45) is 0 Å². The van der Waals surface area contributed by atoms with E-state index in [2.05, 4.69) is 29.4 Å². The van der Waals surface area contributed by atoms with E-state index in [-0.39, 0.29) is 11.4 Å². The van der Waals surface area contributed by atoms with Crippen LogP contribution in [0.1, 0.15) is 12.8 Å². The summed E-state index contributed by atoms with van der Waals surface area (Å²) in [5, 5.41) is 2.99. The molecule has 0 bridgehead atoms. The van der Waals surface area contributed by atoms with Gasteiger partial charge in [-0.05, 0) is 38.1 Å². The number of para-hydroxylation sites is 1. The molecule has 0 atom stereocenters. The lowest BCUT2D eigenvalue weighted by Crippen LogP contribution is -2.55. The Morgan fingerprint density at radius 2 is 1.83 bits per heavy atom. The zero-order chi connectivity index (χ0) is 12.6. The minimum absolute atomic E-state index is 0.166. The average Bonchev–Trinajstić information content (AvgIpc) is 2.72. The van der Waals surface area contributed by atoms with Crippen molar-refractivity contribution in [3.05, 3.63) is 37.4 Å². The molecule has 2 fully saturated rings. The molecule has 2 aliphatic rings. The maximum absolute atomic E-state index is 12.2. The van der Waals surface area contributed by atoms with Gasteiger partial charge in [0.1, 0.15) is 5.54 Å². The van der Waals surface area contributed by atoms with Crippen LogP contribution < -0.4 is 10.2 Å². The largest absolute Gasteiger partial charge is 0.459 e. The summed E-state index contributed by atoms with van der Waals surface area (Å²) in [4.78, 5) is 16.5. The van der Waals surface area contributed by atoms with Gasteiger partial charge >= 0.3 is 0 Å². The lowest BCUT2D eigenvalue weighted by molar-refractivity contribution is -0.124. The Balaban J connectivity index is 1.93. The highest BCUT2D eigenvalue weighted by atomic mass is 16.2. The first-order valence-corrected chi connectivity index (χ1v) is 6.39. The number of carbonyl (C=O) groups is 1. The van der Waals surface area contributed by atoms with Crippen LogP contribution in [0.25, 0.3) is 0 Å². The van der Waals surface area contributed by atoms with Gasteiger partial charge in [-0.2, -0.15) is 0 Å². The van der Waals surface area contributed by atoms with Crippen molar-refractivity contribution in [3.63, 3.8) is 0 Å². The zero-order valence-corrected chi connectivity index (χ0v) is 10.4. The highest BCUT2D eigenvalue weighted by molar-refractivity contribution is 5.93. The Labute approximate surface area is 108 Å². The topological polar surface area (TPSA) is 35.6 Å². The van der Waals surface area contributed by atoms with Gasteiger partial charge in [0, 0.05) is 5.69 Å². The molecule has 1 N–H and O–H groups in total. The molecule has 1 aromatic carbocycles. The number of rotatable bonds is 1. The number of anilines is 1. The molecule has 4 heteroatoms. The third-order valence-corrected chi connectivity index (χ3v) is 4.09. The van der Waals surface area contributed by atoms with Gasteiger partial charge in [-0.15, -0.1) is 0 Å². The summed E-state index contributed by atoms with van der Waals surface area (Å²) in [5.41, 5.74) is 0.753. The van der Waals surface area contributed by atoms with Crippen molar-refractivity contribution in [2.45, 2.75) is 18.4 Å². The Morgan fingerprint density at radius 1 is 1.17 bits per heavy atom. The molecule has 2 aliphatic heterocycles. The average molecular weight is 244 g/mol. The first-order valence-electron chi connectivity index (χ1n) is 6.39. The van der Waals surface area contributed by atoms with Crippen molar-refractivity contribution in [2.75, 3.05) is 24.7 Å². The number of hydrogen-bond acceptors (Lipinski definition) is 3. The highest BCUT2D eigenvalue weighted by Gasteiger charge is 2.49. The molecule has 18 heavy (non-hydrogen) atoms. The fourth-order valence-electron chi connectivity index (χ4n) is 2.96. The minimum atomic E-state index is -0.366. The summed E-state index contributed by atoms with van der Waals surface area (Å²) in [7, 11) is 3.96. The van der Waals surface area contributed by atoms with Crippen molar-refractivity contribution < 1.29 is 4.79 Å². The van der Waals surface area contributed by atoms with E-state index in [1.807, 2.05) is 23.1 Å². The predicted molar refractivity (Wildman–Crippen MR) is 70.8 cm³/mol. The molecule has 96 valence electrons. The maximum atomic E-state index is 12.2. The lowest BCUT2D eigenvalue weighted by Gasteiger charge is -2.45. The molecule has 0 saturated carbocycles. The van der Waals surface area contributed by atoms with Crippen LogP contribution in [0, 0.1) is 7.05 Å². The molecule has 0 radical (unpaired) electrons. The van der Waals surface area contributed by atoms with Crippen LogP contribution in [0.4, 0.5) is 5.69 Å². The summed E-state index contributed by atoms with van der Waals surface area (Å²) in [5.74, 6) is 0.166. The van der Waals surface area contributed by atoms with Crippen molar-refractivity contribution in [1.29, 1.82) is 0 Å². The number of likely N-dealkylation sites (tertiary alicyclic amines) is 1. The van der Waals surface area contributed by atoms with E-state index < -0.39 is 0 Å². The van der Waals surface area contributed by atoms with Crippen LogP contribution in [0.3, 0.4) is 0 Å². The molecular weight excluding hydrogens is 226 g/mol. The van der Waals surface area contributed by atoms with Gasteiger partial charge in [-0.1, -0.05) is 18.2 Å². The number of nitrogens with zero attached hydrogens (tertiary/aromatic N) is 2. The molecule has 4 nitrogen and oxygen atoms in total. The Bertz CT molecular complexity index is 438. The van der Waals surface area contributed by atoms with Crippen molar-refractivity contribution >= 4 is 11.6 Å². The van der Waals surface area contributed by atoms with Crippen LogP contribution in [0.5, 0.6) is 0 Å². The third-order valence-electron chi connectivity index (χ3n) is 4.09. The molecule has 2 saturated heterocycles. The smallest absolute Gasteiger partial charge is 0.247 e. The summed E-state index contributed by atoms with van der Waals surface area (Å²) in [6.07, 6.45) is 1.69. The van der Waals surface area contributed by atoms with Crippen LogP contribution in [-0.2, 0) is 4.79 Å². The van der Waals surface area contributed by atoms with E-state index >= 15 is 0 Å². The van der Waals surface area contributed by atoms with Crippen LogP contribution in [-0.4, -0.2) is 36.1 Å². The Morgan fingerprint density at radius 3 is 2.50 bits per heavy atom. The van der Waals surface area contributed by atoms with Gasteiger partial charge in [0.25, 0.3) is 0 Å². The quantitative estimate of drug-likeness (QED) is 0.754. The second kappa shape index (κ2) is 4.28. The number of amides is 1. The summed E-state index contributed by atoms with van der Waals surface area (Å²) >= 11 is 0. The molecule has 0 aliphatic carbocycles. The zero-order valence-electron chi connectivity index (χ0n) is 10.4. The van der Waals surface area contributed by atoms with Crippen molar-refractivity contribution in [3.8, 4) is 0 Å². The number of hydrogen-bond donors (Lipinski definition) is 1. The Hall–Kier alpha value is -1.55. The maximum Gasteiger partial charge on any atom is 0.247 e. The predicted octanol–water partition coefficient (Wildman–Crippen LogP) is 1.21. The molecule has 1 spiro atoms. The van der Waals surface area contributed by atoms with Crippen LogP contribution in [0.2, 0.25) is 0 Å². The Kier molecular flexibility index (Phi) is 2.74. The van der Waals surface area contributed by atoms with Gasteiger partial charge in [0.15, 0.2) is 0 Å². The summed E-state index contributed by atoms with van der Waals surface area (Å²) in [6.45, 7) is 2.35. The van der Waals surface area contributed by atoms with E-state index in [9.17, 15) is 4.79 Å². The fraction of sp³-hybridized carbons (Fsp3) is 0.429. The number of piperidine rings is 1.